The number of benzene rings is 1. The summed E-state index contributed by atoms with van der Waals surface area (Å²) in [6.45, 7) is 5.93. The zero-order chi connectivity index (χ0) is 17.7. The molecule has 0 fully saturated rings. The van der Waals surface area contributed by atoms with Crippen LogP contribution in [0.25, 0.3) is 5.57 Å². The molecule has 1 aromatic carbocycles. The number of H-pyrrole nitrogens is 1. The first-order valence-corrected chi connectivity index (χ1v) is 8.96. The number of fused-ring (bicyclic) bond motifs is 2. The largest absolute Gasteiger partial charge is 0.398 e. The number of allylic oxidation sites excluding steroid dienone is 1. The molecule has 0 saturated heterocycles. The second-order valence-corrected chi connectivity index (χ2v) is 7.27. The quantitative estimate of drug-likeness (QED) is 0.481. The Balaban J connectivity index is 1.99. The smallest absolute Gasteiger partial charge is 0.0766 e. The molecular formula is C20H25N5. The zero-order valence-corrected chi connectivity index (χ0v) is 15.1. The minimum absolute atomic E-state index is 0.156. The van der Waals surface area contributed by atoms with Crippen molar-refractivity contribution in [2.45, 2.75) is 52.5 Å². The van der Waals surface area contributed by atoms with Gasteiger partial charge in [0.25, 0.3) is 0 Å². The molecule has 1 atom stereocenters. The number of aryl methyl sites for hydroxylation is 2. The van der Waals surface area contributed by atoms with Gasteiger partial charge in [0.15, 0.2) is 0 Å². The highest BCUT2D eigenvalue weighted by atomic mass is 15.1. The molecule has 2 aliphatic rings. The van der Waals surface area contributed by atoms with Gasteiger partial charge in [-0.3, -0.25) is 5.10 Å². The number of aromatic amines is 1. The number of aromatic nitrogens is 2. The first kappa shape index (κ1) is 15.9. The van der Waals surface area contributed by atoms with Gasteiger partial charge in [-0.25, -0.2) is 0 Å². The minimum atomic E-state index is 0.156. The van der Waals surface area contributed by atoms with Crippen LogP contribution < -0.4 is 11.1 Å². The maximum Gasteiger partial charge on any atom is 0.0766 e. The predicted molar refractivity (Wildman–Crippen MR) is 103 cm³/mol. The summed E-state index contributed by atoms with van der Waals surface area (Å²) in [6, 6.07) is 2.29. The van der Waals surface area contributed by atoms with Crippen LogP contribution in [-0.4, -0.2) is 15.9 Å². The molecule has 0 bridgehead atoms. The Kier molecular flexibility index (Phi) is 3.67. The number of anilines is 2. The first-order valence-electron chi connectivity index (χ1n) is 8.96. The molecule has 2 aromatic rings. The standard InChI is InChI=1S/C20H25N5/c1-10-8-16-18(17(11(2)21)19(10)22)13-6-4-5-7-14(13)20(24-16)15-9-23-25-12(15)3/h8-9,20-21,24H,4-7,22H2,1-3H3,(H,23,25). The molecule has 0 radical (unpaired) electrons. The number of nitrogen functional groups attached to an aromatic ring is 1. The van der Waals surface area contributed by atoms with Crippen molar-refractivity contribution in [3.63, 3.8) is 0 Å². The van der Waals surface area contributed by atoms with Gasteiger partial charge in [-0.2, -0.15) is 5.10 Å². The number of hydrogen-bond donors (Lipinski definition) is 4. The summed E-state index contributed by atoms with van der Waals surface area (Å²) in [6.07, 6.45) is 6.48. The van der Waals surface area contributed by atoms with Crippen molar-refractivity contribution in [2.24, 2.45) is 0 Å². The molecule has 5 N–H and O–H groups in total. The van der Waals surface area contributed by atoms with E-state index in [0.29, 0.717) is 5.71 Å². The molecule has 25 heavy (non-hydrogen) atoms. The van der Waals surface area contributed by atoms with E-state index in [1.807, 2.05) is 20.0 Å². The van der Waals surface area contributed by atoms with E-state index in [1.165, 1.54) is 29.6 Å². The Labute approximate surface area is 148 Å². The van der Waals surface area contributed by atoms with Crippen molar-refractivity contribution in [3.05, 3.63) is 45.8 Å². The SMILES string of the molecule is CC(=N)c1c(N)c(C)cc2c1C1=C(CCCC1)C(c1cn[nH]c1C)N2. The van der Waals surface area contributed by atoms with Crippen LogP contribution >= 0.6 is 0 Å². The van der Waals surface area contributed by atoms with E-state index in [0.717, 1.165) is 46.6 Å². The van der Waals surface area contributed by atoms with E-state index in [2.05, 4.69) is 28.5 Å². The van der Waals surface area contributed by atoms with Gasteiger partial charge < -0.3 is 16.5 Å². The van der Waals surface area contributed by atoms with Crippen LogP contribution in [0.3, 0.4) is 0 Å². The minimum Gasteiger partial charge on any atom is -0.398 e. The van der Waals surface area contributed by atoms with Gasteiger partial charge in [0.05, 0.1) is 12.2 Å². The van der Waals surface area contributed by atoms with E-state index in [4.69, 9.17) is 11.1 Å². The van der Waals surface area contributed by atoms with Gasteiger partial charge in [0, 0.05) is 39.5 Å². The Morgan fingerprint density at radius 1 is 1.28 bits per heavy atom. The number of rotatable bonds is 2. The lowest BCUT2D eigenvalue weighted by atomic mass is 9.76. The zero-order valence-electron chi connectivity index (χ0n) is 15.1. The highest BCUT2D eigenvalue weighted by Crippen LogP contribution is 2.49. The third kappa shape index (κ3) is 2.37. The average molecular weight is 335 g/mol. The maximum absolute atomic E-state index is 8.30. The van der Waals surface area contributed by atoms with Crippen molar-refractivity contribution in [1.82, 2.24) is 10.2 Å². The van der Waals surface area contributed by atoms with Crippen LogP contribution in [0.15, 0.2) is 17.8 Å². The molecule has 1 aliphatic carbocycles. The average Bonchev–Trinajstić information content (AvgIpc) is 3.01. The molecule has 0 spiro atoms. The summed E-state index contributed by atoms with van der Waals surface area (Å²) in [7, 11) is 0. The fourth-order valence-electron chi connectivity index (χ4n) is 4.34. The molecule has 1 aromatic heterocycles. The molecule has 2 heterocycles. The second-order valence-electron chi connectivity index (χ2n) is 7.27. The van der Waals surface area contributed by atoms with Crippen LogP contribution in [0, 0.1) is 19.3 Å². The summed E-state index contributed by atoms with van der Waals surface area (Å²) >= 11 is 0. The highest BCUT2D eigenvalue weighted by molar-refractivity contribution is 6.09. The molecule has 1 unspecified atom stereocenters. The van der Waals surface area contributed by atoms with Crippen LogP contribution in [0.2, 0.25) is 0 Å². The molecule has 0 amide bonds. The first-order chi connectivity index (χ1) is 12.0. The van der Waals surface area contributed by atoms with Crippen molar-refractivity contribution in [2.75, 3.05) is 11.1 Å². The van der Waals surface area contributed by atoms with E-state index < -0.39 is 0 Å². The molecular weight excluding hydrogens is 310 g/mol. The van der Waals surface area contributed by atoms with Gasteiger partial charge in [-0.05, 0) is 69.2 Å². The fraction of sp³-hybridized carbons (Fsp3) is 0.400. The van der Waals surface area contributed by atoms with Gasteiger partial charge in [-0.15, -0.1) is 0 Å². The summed E-state index contributed by atoms with van der Waals surface area (Å²) in [4.78, 5) is 0. The van der Waals surface area contributed by atoms with E-state index >= 15 is 0 Å². The van der Waals surface area contributed by atoms with Gasteiger partial charge in [0.1, 0.15) is 0 Å². The molecule has 4 rings (SSSR count). The molecule has 5 nitrogen and oxygen atoms in total. The lowest BCUT2D eigenvalue weighted by Gasteiger charge is -2.36. The highest BCUT2D eigenvalue weighted by Gasteiger charge is 2.33. The van der Waals surface area contributed by atoms with Crippen LogP contribution in [0.4, 0.5) is 11.4 Å². The van der Waals surface area contributed by atoms with Crippen LogP contribution in [0.5, 0.6) is 0 Å². The predicted octanol–water partition coefficient (Wildman–Crippen LogP) is 4.49. The Morgan fingerprint density at radius 3 is 2.72 bits per heavy atom. The molecule has 1 aliphatic heterocycles. The third-order valence-corrected chi connectivity index (χ3v) is 5.59. The van der Waals surface area contributed by atoms with E-state index in [-0.39, 0.29) is 6.04 Å². The van der Waals surface area contributed by atoms with E-state index in [9.17, 15) is 0 Å². The number of nitrogens with one attached hydrogen (secondary N) is 3. The van der Waals surface area contributed by atoms with Crippen molar-refractivity contribution < 1.29 is 0 Å². The van der Waals surface area contributed by atoms with Gasteiger partial charge >= 0.3 is 0 Å². The normalized spacial score (nSPS) is 19.2. The number of nitrogens with zero attached hydrogens (tertiary/aromatic N) is 1. The lowest BCUT2D eigenvalue weighted by Crippen LogP contribution is -2.24. The summed E-state index contributed by atoms with van der Waals surface area (Å²) in [5.74, 6) is 0. The molecule has 130 valence electrons. The van der Waals surface area contributed by atoms with Crippen molar-refractivity contribution in [3.8, 4) is 0 Å². The Hall–Kier alpha value is -2.56. The van der Waals surface area contributed by atoms with Gasteiger partial charge in [-0.1, -0.05) is 0 Å². The topological polar surface area (TPSA) is 90.6 Å². The Bertz CT molecular complexity index is 903. The third-order valence-electron chi connectivity index (χ3n) is 5.59. The van der Waals surface area contributed by atoms with Crippen molar-refractivity contribution >= 4 is 22.7 Å². The fourth-order valence-corrected chi connectivity index (χ4v) is 4.34. The summed E-state index contributed by atoms with van der Waals surface area (Å²) in [5.41, 5.74) is 17.0. The summed E-state index contributed by atoms with van der Waals surface area (Å²) < 4.78 is 0. The lowest BCUT2D eigenvalue weighted by molar-refractivity contribution is 0.666. The second kappa shape index (κ2) is 5.76. The number of hydrogen-bond acceptors (Lipinski definition) is 4. The summed E-state index contributed by atoms with van der Waals surface area (Å²) in [5, 5.41) is 19.3. The maximum atomic E-state index is 8.30. The molecule has 5 heteroatoms. The monoisotopic (exact) mass is 335 g/mol. The van der Waals surface area contributed by atoms with Gasteiger partial charge in [0.2, 0.25) is 0 Å². The molecule has 0 saturated carbocycles. The van der Waals surface area contributed by atoms with Crippen LogP contribution in [0.1, 0.15) is 66.6 Å². The Morgan fingerprint density at radius 2 is 2.04 bits per heavy atom. The van der Waals surface area contributed by atoms with Crippen molar-refractivity contribution in [1.29, 1.82) is 5.41 Å². The van der Waals surface area contributed by atoms with Crippen LogP contribution in [-0.2, 0) is 0 Å². The van der Waals surface area contributed by atoms with E-state index in [1.54, 1.807) is 0 Å². The number of nitrogens with two attached hydrogens (primary N) is 1.